The Hall–Kier alpha value is -1.72. The molecule has 140 valence electrons. The molecule has 1 aliphatic rings. The molecule has 1 aliphatic heterocycles. The number of aliphatic hydroxyl groups is 1. The molecule has 1 saturated heterocycles. The summed E-state index contributed by atoms with van der Waals surface area (Å²) in [5.74, 6) is 0. The zero-order valence-corrected chi connectivity index (χ0v) is 15.6. The average molecular weight is 354 g/mol. The smallest absolute Gasteiger partial charge is 0.0947 e. The van der Waals surface area contributed by atoms with Crippen LogP contribution in [-0.2, 0) is 4.74 Å². The van der Waals surface area contributed by atoms with Crippen molar-refractivity contribution in [1.29, 1.82) is 0 Å². The molecular formula is C22H30N2O2. The third-order valence-corrected chi connectivity index (χ3v) is 5.25. The monoisotopic (exact) mass is 354 g/mol. The van der Waals surface area contributed by atoms with Gasteiger partial charge in [0.1, 0.15) is 0 Å². The van der Waals surface area contributed by atoms with Gasteiger partial charge in [0, 0.05) is 46.4 Å². The van der Waals surface area contributed by atoms with Gasteiger partial charge in [0.25, 0.3) is 0 Å². The van der Waals surface area contributed by atoms with Gasteiger partial charge >= 0.3 is 0 Å². The van der Waals surface area contributed by atoms with E-state index >= 15 is 0 Å². The highest BCUT2D eigenvalue weighted by molar-refractivity contribution is 5.18. The Morgan fingerprint density at radius 1 is 0.846 bits per heavy atom. The lowest BCUT2D eigenvalue weighted by Gasteiger charge is -2.36. The number of rotatable bonds is 8. The van der Waals surface area contributed by atoms with Gasteiger partial charge < -0.3 is 14.7 Å². The van der Waals surface area contributed by atoms with E-state index < -0.39 is 0 Å². The lowest BCUT2D eigenvalue weighted by atomic mass is 10.1. The van der Waals surface area contributed by atoms with Gasteiger partial charge in [-0.05, 0) is 17.5 Å². The summed E-state index contributed by atoms with van der Waals surface area (Å²) in [5, 5.41) is 10.3. The zero-order valence-electron chi connectivity index (χ0n) is 15.6. The summed E-state index contributed by atoms with van der Waals surface area (Å²) in [5.41, 5.74) is 2.25. The Balaban J connectivity index is 1.41. The first-order chi connectivity index (χ1) is 12.8. The molecule has 0 saturated carbocycles. The number of piperazine rings is 1. The van der Waals surface area contributed by atoms with E-state index in [1.54, 1.807) is 7.11 Å². The first kappa shape index (κ1) is 19.1. The number of methoxy groups -OCH3 is 1. The van der Waals surface area contributed by atoms with Gasteiger partial charge in [-0.25, -0.2) is 0 Å². The molecular weight excluding hydrogens is 324 g/mol. The lowest BCUT2D eigenvalue weighted by Crippen LogP contribution is -2.47. The third-order valence-electron chi connectivity index (χ3n) is 5.25. The Bertz CT molecular complexity index is 627. The SMILES string of the molecule is COC(CN1CCN(CCC(O)c2ccccc2)CC1)c1ccccc1. The van der Waals surface area contributed by atoms with Crippen molar-refractivity contribution in [2.24, 2.45) is 0 Å². The van der Waals surface area contributed by atoms with Crippen molar-refractivity contribution in [3.05, 3.63) is 71.8 Å². The minimum atomic E-state index is -0.370. The Kier molecular flexibility index (Phi) is 7.21. The summed E-state index contributed by atoms with van der Waals surface area (Å²) in [6, 6.07) is 20.4. The number of ether oxygens (including phenoxy) is 1. The molecule has 0 aliphatic carbocycles. The van der Waals surface area contributed by atoms with E-state index in [4.69, 9.17) is 4.74 Å². The van der Waals surface area contributed by atoms with E-state index in [-0.39, 0.29) is 12.2 Å². The van der Waals surface area contributed by atoms with Gasteiger partial charge in [-0.3, -0.25) is 4.90 Å². The van der Waals surface area contributed by atoms with Crippen LogP contribution in [-0.4, -0.2) is 61.3 Å². The van der Waals surface area contributed by atoms with Crippen LogP contribution in [0.5, 0.6) is 0 Å². The summed E-state index contributed by atoms with van der Waals surface area (Å²) >= 11 is 0. The zero-order chi connectivity index (χ0) is 18.2. The molecule has 1 N–H and O–H groups in total. The molecule has 4 heteroatoms. The fraction of sp³-hybridized carbons (Fsp3) is 0.455. The molecule has 0 bridgehead atoms. The van der Waals surface area contributed by atoms with Crippen LogP contribution in [0.2, 0.25) is 0 Å². The Labute approximate surface area is 157 Å². The van der Waals surface area contributed by atoms with E-state index in [1.807, 2.05) is 36.4 Å². The quantitative estimate of drug-likeness (QED) is 0.790. The number of hydrogen-bond donors (Lipinski definition) is 1. The fourth-order valence-corrected chi connectivity index (χ4v) is 3.56. The lowest BCUT2D eigenvalue weighted by molar-refractivity contribution is 0.0387. The molecule has 2 unspecified atom stereocenters. The highest BCUT2D eigenvalue weighted by Gasteiger charge is 2.21. The Morgan fingerprint density at radius 3 is 1.96 bits per heavy atom. The number of nitrogens with zero attached hydrogens (tertiary/aromatic N) is 2. The standard InChI is InChI=1S/C22H30N2O2/c1-26-22(20-10-6-3-7-11-20)18-24-16-14-23(15-17-24)13-12-21(25)19-8-4-2-5-9-19/h2-11,21-22,25H,12-18H2,1H3. The topological polar surface area (TPSA) is 35.9 Å². The van der Waals surface area contributed by atoms with Gasteiger partial charge in [0.2, 0.25) is 0 Å². The van der Waals surface area contributed by atoms with Crippen LogP contribution in [0.25, 0.3) is 0 Å². The highest BCUT2D eigenvalue weighted by Crippen LogP contribution is 2.20. The van der Waals surface area contributed by atoms with Crippen LogP contribution in [0.1, 0.15) is 29.8 Å². The van der Waals surface area contributed by atoms with Gasteiger partial charge in [-0.1, -0.05) is 60.7 Å². The maximum absolute atomic E-state index is 10.3. The van der Waals surface area contributed by atoms with Crippen molar-refractivity contribution in [3.8, 4) is 0 Å². The molecule has 2 aromatic rings. The van der Waals surface area contributed by atoms with Gasteiger partial charge in [-0.15, -0.1) is 0 Å². The van der Waals surface area contributed by atoms with Crippen LogP contribution in [0, 0.1) is 0 Å². The molecule has 0 amide bonds. The van der Waals surface area contributed by atoms with Crippen molar-refractivity contribution in [3.63, 3.8) is 0 Å². The van der Waals surface area contributed by atoms with Crippen molar-refractivity contribution < 1.29 is 9.84 Å². The minimum Gasteiger partial charge on any atom is -0.388 e. The van der Waals surface area contributed by atoms with Gasteiger partial charge in [0.15, 0.2) is 0 Å². The first-order valence-corrected chi connectivity index (χ1v) is 9.51. The molecule has 0 aromatic heterocycles. The van der Waals surface area contributed by atoms with Gasteiger partial charge in [-0.2, -0.15) is 0 Å². The Morgan fingerprint density at radius 2 is 1.38 bits per heavy atom. The molecule has 26 heavy (non-hydrogen) atoms. The van der Waals surface area contributed by atoms with Crippen LogP contribution >= 0.6 is 0 Å². The second-order valence-corrected chi connectivity index (χ2v) is 6.99. The summed E-state index contributed by atoms with van der Waals surface area (Å²) in [6.45, 7) is 6.07. The van der Waals surface area contributed by atoms with E-state index in [1.165, 1.54) is 5.56 Å². The van der Waals surface area contributed by atoms with E-state index in [0.717, 1.165) is 51.3 Å². The average Bonchev–Trinajstić information content (AvgIpc) is 2.72. The molecule has 2 atom stereocenters. The van der Waals surface area contributed by atoms with Crippen molar-refractivity contribution in [2.75, 3.05) is 46.4 Å². The molecule has 1 fully saturated rings. The molecule has 0 radical (unpaired) electrons. The van der Waals surface area contributed by atoms with Crippen LogP contribution in [0.15, 0.2) is 60.7 Å². The molecule has 4 nitrogen and oxygen atoms in total. The molecule has 0 spiro atoms. The second-order valence-electron chi connectivity index (χ2n) is 6.99. The van der Waals surface area contributed by atoms with Crippen LogP contribution in [0.4, 0.5) is 0 Å². The minimum absolute atomic E-state index is 0.127. The maximum Gasteiger partial charge on any atom is 0.0947 e. The largest absolute Gasteiger partial charge is 0.388 e. The fourth-order valence-electron chi connectivity index (χ4n) is 3.56. The number of benzene rings is 2. The van der Waals surface area contributed by atoms with E-state index in [0.29, 0.717) is 0 Å². The van der Waals surface area contributed by atoms with Crippen molar-refractivity contribution in [2.45, 2.75) is 18.6 Å². The predicted molar refractivity (Wildman–Crippen MR) is 105 cm³/mol. The third kappa shape index (κ3) is 5.39. The highest BCUT2D eigenvalue weighted by atomic mass is 16.5. The number of aliphatic hydroxyl groups excluding tert-OH is 1. The number of hydrogen-bond acceptors (Lipinski definition) is 4. The van der Waals surface area contributed by atoms with E-state index in [9.17, 15) is 5.11 Å². The predicted octanol–water partition coefficient (Wildman–Crippen LogP) is 3.12. The first-order valence-electron chi connectivity index (χ1n) is 9.51. The van der Waals surface area contributed by atoms with E-state index in [2.05, 4.69) is 34.1 Å². The summed E-state index contributed by atoms with van der Waals surface area (Å²) in [6.07, 6.45) is 0.544. The normalized spacial score (nSPS) is 18.5. The van der Waals surface area contributed by atoms with Crippen molar-refractivity contribution in [1.82, 2.24) is 9.80 Å². The summed E-state index contributed by atoms with van der Waals surface area (Å²) < 4.78 is 5.71. The second kappa shape index (κ2) is 9.83. The summed E-state index contributed by atoms with van der Waals surface area (Å²) in [4.78, 5) is 4.93. The van der Waals surface area contributed by atoms with Crippen LogP contribution < -0.4 is 0 Å². The molecule has 1 heterocycles. The van der Waals surface area contributed by atoms with Crippen molar-refractivity contribution >= 4 is 0 Å². The van der Waals surface area contributed by atoms with Crippen LogP contribution in [0.3, 0.4) is 0 Å². The molecule has 3 rings (SSSR count). The summed E-state index contributed by atoms with van der Waals surface area (Å²) in [7, 11) is 1.79. The molecule has 2 aromatic carbocycles. The van der Waals surface area contributed by atoms with Gasteiger partial charge in [0.05, 0.1) is 12.2 Å². The maximum atomic E-state index is 10.3.